The molecule has 0 radical (unpaired) electrons. The van der Waals surface area contributed by atoms with E-state index in [0.717, 1.165) is 17.7 Å². The van der Waals surface area contributed by atoms with Crippen molar-refractivity contribution in [1.82, 2.24) is 0 Å². The van der Waals surface area contributed by atoms with Gasteiger partial charge in [0.05, 0.1) is 4.92 Å². The van der Waals surface area contributed by atoms with Gasteiger partial charge in [0.15, 0.2) is 0 Å². The minimum Gasteiger partial charge on any atom is -0.508 e. The van der Waals surface area contributed by atoms with E-state index in [1.807, 2.05) is 0 Å². The highest BCUT2D eigenvalue weighted by molar-refractivity contribution is 7.87. The van der Waals surface area contributed by atoms with Gasteiger partial charge in [-0.15, -0.1) is 0 Å². The lowest BCUT2D eigenvalue weighted by Crippen LogP contribution is -2.11. The third-order valence-electron chi connectivity index (χ3n) is 3.94. The van der Waals surface area contributed by atoms with E-state index in [0.29, 0.717) is 11.1 Å². The number of phenols is 3. The Bertz CT molecular complexity index is 1150. The molecule has 32 heavy (non-hydrogen) atoms. The van der Waals surface area contributed by atoms with E-state index >= 15 is 0 Å². The van der Waals surface area contributed by atoms with Crippen LogP contribution in [0, 0.1) is 30.9 Å². The first-order valence-electron chi connectivity index (χ1n) is 8.87. The van der Waals surface area contributed by atoms with Crippen molar-refractivity contribution in [2.24, 2.45) is 0 Å². The van der Waals surface area contributed by atoms with Crippen molar-refractivity contribution in [2.45, 2.75) is 25.7 Å². The van der Waals surface area contributed by atoms with Crippen LogP contribution in [-0.2, 0) is 10.1 Å². The molecule has 0 spiro atoms. The number of hydrogen-bond donors (Lipinski definition) is 3. The maximum atomic E-state index is 12.3. The van der Waals surface area contributed by atoms with E-state index in [2.05, 4.69) is 0 Å². The number of nitro groups is 1. The summed E-state index contributed by atoms with van der Waals surface area (Å²) < 4.78 is 29.5. The lowest BCUT2D eigenvalue weighted by atomic mass is 10.2. The van der Waals surface area contributed by atoms with E-state index in [9.17, 15) is 23.6 Å². The fourth-order valence-electron chi connectivity index (χ4n) is 2.66. The number of hydrogen-bond acceptors (Lipinski definition) is 8. The molecule has 0 saturated heterocycles. The second kappa shape index (κ2) is 10.5. The Morgan fingerprint density at radius 3 is 1.78 bits per heavy atom. The Morgan fingerprint density at radius 2 is 1.31 bits per heavy atom. The minimum absolute atomic E-state index is 0. The maximum absolute atomic E-state index is 12.3. The van der Waals surface area contributed by atoms with Crippen molar-refractivity contribution in [3.05, 3.63) is 81.4 Å². The molecule has 3 rings (SSSR count). The zero-order chi connectivity index (χ0) is 23.3. The predicted octanol–water partition coefficient (Wildman–Crippen LogP) is 3.27. The Hall–Kier alpha value is -3.83. The molecule has 0 heterocycles. The summed E-state index contributed by atoms with van der Waals surface area (Å²) in [5.74, 6) is 0.00405. The van der Waals surface area contributed by atoms with E-state index in [-0.39, 0.29) is 39.1 Å². The predicted molar refractivity (Wildman–Crippen MR) is 117 cm³/mol. The summed E-state index contributed by atoms with van der Waals surface area (Å²) in [6, 6.07) is 12.0. The van der Waals surface area contributed by atoms with Crippen LogP contribution in [0.3, 0.4) is 0 Å². The smallest absolute Gasteiger partial charge is 0.339 e. The molecule has 0 unspecified atom stereocenters. The van der Waals surface area contributed by atoms with Gasteiger partial charge >= 0.3 is 10.1 Å². The van der Waals surface area contributed by atoms with Crippen molar-refractivity contribution < 1.29 is 38.3 Å². The third-order valence-corrected chi connectivity index (χ3v) is 5.33. The maximum Gasteiger partial charge on any atom is 0.339 e. The second-order valence-electron chi connectivity index (χ2n) is 6.78. The van der Waals surface area contributed by atoms with Gasteiger partial charge in [0.2, 0.25) is 0 Å². The van der Waals surface area contributed by atoms with Gasteiger partial charge in [0.1, 0.15) is 27.9 Å². The van der Waals surface area contributed by atoms with Crippen LogP contribution in [0.1, 0.15) is 16.7 Å². The highest BCUT2D eigenvalue weighted by Crippen LogP contribution is 2.27. The monoisotopic (exact) mass is 465 g/mol. The molecule has 0 fully saturated rings. The molecule has 0 aliphatic heterocycles. The van der Waals surface area contributed by atoms with E-state index in [4.69, 9.17) is 14.4 Å². The average Bonchev–Trinajstić information content (AvgIpc) is 2.59. The summed E-state index contributed by atoms with van der Waals surface area (Å²) >= 11 is 0. The van der Waals surface area contributed by atoms with E-state index in [1.54, 1.807) is 26.0 Å². The quantitative estimate of drug-likeness (QED) is 0.298. The van der Waals surface area contributed by atoms with Crippen LogP contribution in [0.2, 0.25) is 0 Å². The van der Waals surface area contributed by atoms with Crippen molar-refractivity contribution in [1.29, 1.82) is 0 Å². The van der Waals surface area contributed by atoms with Gasteiger partial charge in [-0.25, -0.2) is 0 Å². The first-order chi connectivity index (χ1) is 14.4. The highest BCUT2D eigenvalue weighted by Gasteiger charge is 2.23. The first kappa shape index (κ1) is 26.2. The van der Waals surface area contributed by atoms with Crippen molar-refractivity contribution in [3.8, 4) is 23.0 Å². The molecule has 0 aliphatic carbocycles. The third kappa shape index (κ3) is 7.15. The fraction of sp³-hybridized carbons (Fsp3) is 0.143. The SMILES string of the molecule is Cc1cc(O)cc(O)c1.Cc1cc(O)cc(OS(=O)(=O)c2cc([N+](=O)[O-])ccc2C)c1.O. The molecule has 0 aromatic heterocycles. The molecular weight excluding hydrogens is 442 g/mol. The van der Waals surface area contributed by atoms with Crippen LogP contribution < -0.4 is 4.18 Å². The van der Waals surface area contributed by atoms with Crippen LogP contribution in [0.4, 0.5) is 5.69 Å². The van der Waals surface area contributed by atoms with Gasteiger partial charge in [0.25, 0.3) is 5.69 Å². The summed E-state index contributed by atoms with van der Waals surface area (Å²) in [7, 11) is -4.25. The molecule has 0 amide bonds. The zero-order valence-corrected chi connectivity index (χ0v) is 18.3. The molecule has 0 aliphatic rings. The number of aryl methyl sites for hydroxylation is 3. The van der Waals surface area contributed by atoms with Gasteiger partial charge in [-0.2, -0.15) is 8.42 Å². The number of benzene rings is 3. The first-order valence-corrected chi connectivity index (χ1v) is 10.3. The van der Waals surface area contributed by atoms with E-state index in [1.165, 1.54) is 37.3 Å². The normalized spacial score (nSPS) is 10.3. The summed E-state index contributed by atoms with van der Waals surface area (Å²) in [4.78, 5) is 9.80. The van der Waals surface area contributed by atoms with Gasteiger partial charge in [0, 0.05) is 24.3 Å². The Labute approximate surface area is 184 Å². The van der Waals surface area contributed by atoms with Crippen LogP contribution in [0.15, 0.2) is 59.5 Å². The van der Waals surface area contributed by atoms with Crippen molar-refractivity contribution in [2.75, 3.05) is 0 Å². The summed E-state index contributed by atoms with van der Waals surface area (Å²) in [5.41, 5.74) is 1.44. The molecular formula is C21H23NO9S. The number of phenolic OH excluding ortho intramolecular Hbond substituents is 3. The Kier molecular flexibility index (Phi) is 8.57. The second-order valence-corrected chi connectivity index (χ2v) is 8.29. The molecule has 0 bridgehead atoms. The Morgan fingerprint density at radius 1 is 0.812 bits per heavy atom. The van der Waals surface area contributed by atoms with Crippen LogP contribution >= 0.6 is 0 Å². The molecule has 172 valence electrons. The number of nitrogens with zero attached hydrogens (tertiary/aromatic N) is 1. The molecule has 11 heteroatoms. The van der Waals surface area contributed by atoms with Gasteiger partial charge in [-0.1, -0.05) is 6.07 Å². The van der Waals surface area contributed by atoms with Crippen LogP contribution in [-0.4, -0.2) is 34.1 Å². The highest BCUT2D eigenvalue weighted by atomic mass is 32.2. The summed E-state index contributed by atoms with van der Waals surface area (Å²) in [6.45, 7) is 4.98. The summed E-state index contributed by atoms with van der Waals surface area (Å²) in [6.07, 6.45) is 0. The van der Waals surface area contributed by atoms with Crippen LogP contribution in [0.5, 0.6) is 23.0 Å². The molecule has 10 nitrogen and oxygen atoms in total. The lowest BCUT2D eigenvalue weighted by Gasteiger charge is -2.10. The number of rotatable bonds is 4. The number of non-ortho nitro benzene ring substituents is 1. The van der Waals surface area contributed by atoms with Crippen LogP contribution in [0.25, 0.3) is 0 Å². The zero-order valence-electron chi connectivity index (χ0n) is 17.4. The molecule has 0 saturated carbocycles. The fourth-order valence-corrected chi connectivity index (χ4v) is 3.83. The van der Waals surface area contributed by atoms with E-state index < -0.39 is 15.0 Å². The lowest BCUT2D eigenvalue weighted by molar-refractivity contribution is -0.385. The molecule has 3 aromatic rings. The largest absolute Gasteiger partial charge is 0.508 e. The number of aromatic hydroxyl groups is 3. The standard InChI is InChI=1S/C14H13NO6S.C7H8O2.H2O/c1-9-5-12(16)8-13(6-9)21-22(19,20)14-7-11(15(17)18)4-3-10(14)2;1-5-2-6(8)4-7(9)3-5;/h3-8,16H,1-2H3;2-4,8-9H,1H3;1H2. The van der Waals surface area contributed by atoms with Gasteiger partial charge in [-0.3, -0.25) is 10.1 Å². The topological polar surface area (TPSA) is 179 Å². The average molecular weight is 465 g/mol. The van der Waals surface area contributed by atoms with Crippen molar-refractivity contribution in [3.63, 3.8) is 0 Å². The van der Waals surface area contributed by atoms with Crippen molar-refractivity contribution >= 4 is 15.8 Å². The molecule has 5 N–H and O–H groups in total. The Balaban J connectivity index is 0.000000431. The number of nitro benzene ring substituents is 1. The minimum atomic E-state index is -4.25. The molecule has 0 atom stereocenters. The summed E-state index contributed by atoms with van der Waals surface area (Å²) in [5, 5.41) is 37.9. The molecule has 3 aromatic carbocycles. The van der Waals surface area contributed by atoms with Gasteiger partial charge in [-0.05, 0) is 61.7 Å². The van der Waals surface area contributed by atoms with Gasteiger partial charge < -0.3 is 25.0 Å².